The molecule has 1 heterocycles. The zero-order chi connectivity index (χ0) is 22.9. The fraction of sp³-hybridized carbons (Fsp3) is 0.250. The van der Waals surface area contributed by atoms with Gasteiger partial charge in [-0.15, -0.1) is 0 Å². The summed E-state index contributed by atoms with van der Waals surface area (Å²) in [5, 5.41) is 7.09. The highest BCUT2D eigenvalue weighted by Crippen LogP contribution is 2.19. The number of ketones is 1. The van der Waals surface area contributed by atoms with Gasteiger partial charge in [-0.25, -0.2) is 4.68 Å². The summed E-state index contributed by atoms with van der Waals surface area (Å²) in [6.07, 6.45) is 0. The molecule has 3 rings (SSSR count). The standard InChI is InChI=1S/C24H25N3O5/c1-3-31-20-10-6-19(7-11-20)22-12-13-24(30)27(26-22)15-14-25-23(29)16-32-21-8-4-18(5-9-21)17(2)28/h4-13H,3,14-16H2,1-2H3,(H,25,29). The number of carbonyl (C=O) groups excluding carboxylic acids is 2. The summed E-state index contributed by atoms with van der Waals surface area (Å²) in [4.78, 5) is 35.4. The SMILES string of the molecule is CCOc1ccc(-c2ccc(=O)n(CCNC(=O)COc3ccc(C(C)=O)cc3)n2)cc1. The van der Waals surface area contributed by atoms with Crippen LogP contribution in [0.5, 0.6) is 11.5 Å². The summed E-state index contributed by atoms with van der Waals surface area (Å²) in [6.45, 7) is 4.27. The van der Waals surface area contributed by atoms with Crippen molar-refractivity contribution >= 4 is 11.7 Å². The second kappa shape index (κ2) is 10.9. The number of aromatic nitrogens is 2. The normalized spacial score (nSPS) is 10.4. The number of benzene rings is 2. The molecule has 0 spiro atoms. The minimum absolute atomic E-state index is 0.0373. The molecule has 0 atom stereocenters. The van der Waals surface area contributed by atoms with Crippen LogP contribution in [0.3, 0.4) is 0 Å². The molecule has 0 radical (unpaired) electrons. The lowest BCUT2D eigenvalue weighted by molar-refractivity contribution is -0.123. The van der Waals surface area contributed by atoms with Gasteiger partial charge >= 0.3 is 0 Å². The van der Waals surface area contributed by atoms with Crippen LogP contribution in [-0.2, 0) is 11.3 Å². The molecule has 2 aromatic carbocycles. The van der Waals surface area contributed by atoms with Crippen LogP contribution in [-0.4, -0.2) is 41.2 Å². The Labute approximate surface area is 185 Å². The molecule has 32 heavy (non-hydrogen) atoms. The molecule has 0 saturated carbocycles. The molecule has 0 unspecified atom stereocenters. The quantitative estimate of drug-likeness (QED) is 0.492. The van der Waals surface area contributed by atoms with Crippen LogP contribution in [0.2, 0.25) is 0 Å². The average molecular weight is 435 g/mol. The summed E-state index contributed by atoms with van der Waals surface area (Å²) in [5.74, 6) is 0.900. The molecule has 8 nitrogen and oxygen atoms in total. The third-order valence-electron chi connectivity index (χ3n) is 4.60. The zero-order valence-electron chi connectivity index (χ0n) is 18.0. The van der Waals surface area contributed by atoms with E-state index in [0.717, 1.165) is 11.3 Å². The maximum atomic E-state index is 12.1. The van der Waals surface area contributed by atoms with Gasteiger partial charge in [0.25, 0.3) is 11.5 Å². The van der Waals surface area contributed by atoms with Gasteiger partial charge in [-0.3, -0.25) is 14.4 Å². The Morgan fingerprint density at radius 1 is 0.938 bits per heavy atom. The van der Waals surface area contributed by atoms with Crippen molar-refractivity contribution in [2.75, 3.05) is 19.8 Å². The Balaban J connectivity index is 1.51. The summed E-state index contributed by atoms with van der Waals surface area (Å²) in [6, 6.07) is 17.1. The van der Waals surface area contributed by atoms with Crippen LogP contribution in [0.15, 0.2) is 65.5 Å². The number of rotatable bonds is 10. The molecule has 1 N–H and O–H groups in total. The van der Waals surface area contributed by atoms with Gasteiger partial charge in [0.05, 0.1) is 18.8 Å². The first-order valence-electron chi connectivity index (χ1n) is 10.3. The second-order valence-electron chi connectivity index (χ2n) is 6.96. The predicted molar refractivity (Wildman–Crippen MR) is 120 cm³/mol. The largest absolute Gasteiger partial charge is 0.494 e. The summed E-state index contributed by atoms with van der Waals surface area (Å²) < 4.78 is 12.2. The van der Waals surface area contributed by atoms with Crippen molar-refractivity contribution in [1.82, 2.24) is 15.1 Å². The number of hydrogen-bond donors (Lipinski definition) is 1. The van der Waals surface area contributed by atoms with Gasteiger partial charge in [0, 0.05) is 23.7 Å². The van der Waals surface area contributed by atoms with Gasteiger partial charge in [0.1, 0.15) is 11.5 Å². The molecule has 0 bridgehead atoms. The van der Waals surface area contributed by atoms with Crippen LogP contribution in [0.1, 0.15) is 24.2 Å². The van der Waals surface area contributed by atoms with E-state index in [1.807, 2.05) is 31.2 Å². The Bertz CT molecular complexity index is 1120. The Morgan fingerprint density at radius 2 is 1.59 bits per heavy atom. The van der Waals surface area contributed by atoms with E-state index in [0.29, 0.717) is 23.6 Å². The average Bonchev–Trinajstić information content (AvgIpc) is 2.80. The summed E-state index contributed by atoms with van der Waals surface area (Å²) in [7, 11) is 0. The lowest BCUT2D eigenvalue weighted by atomic mass is 10.1. The Hall–Kier alpha value is -3.94. The molecule has 8 heteroatoms. The monoisotopic (exact) mass is 435 g/mol. The molecule has 0 aliphatic carbocycles. The number of ether oxygens (including phenoxy) is 2. The van der Waals surface area contributed by atoms with Crippen molar-refractivity contribution in [3.8, 4) is 22.8 Å². The molecular weight excluding hydrogens is 410 g/mol. The van der Waals surface area contributed by atoms with Crippen molar-refractivity contribution < 1.29 is 19.1 Å². The number of nitrogens with zero attached hydrogens (tertiary/aromatic N) is 2. The number of Topliss-reactive ketones (excluding diaryl/α,β-unsaturated/α-hetero) is 1. The maximum absolute atomic E-state index is 12.1. The highest BCUT2D eigenvalue weighted by Gasteiger charge is 2.07. The molecule has 0 saturated heterocycles. The van der Waals surface area contributed by atoms with Gasteiger partial charge in [-0.2, -0.15) is 5.10 Å². The molecule has 1 aromatic heterocycles. The van der Waals surface area contributed by atoms with Gasteiger partial charge in [0.2, 0.25) is 0 Å². The van der Waals surface area contributed by atoms with Gasteiger partial charge in [-0.1, -0.05) is 0 Å². The first kappa shape index (κ1) is 22.7. The number of amides is 1. The van der Waals surface area contributed by atoms with E-state index in [4.69, 9.17) is 9.47 Å². The molecular formula is C24H25N3O5. The summed E-state index contributed by atoms with van der Waals surface area (Å²) >= 11 is 0. The molecule has 0 aliphatic heterocycles. The van der Waals surface area contributed by atoms with Crippen LogP contribution >= 0.6 is 0 Å². The number of hydrogen-bond acceptors (Lipinski definition) is 6. The first-order chi connectivity index (χ1) is 15.5. The smallest absolute Gasteiger partial charge is 0.266 e. The molecule has 0 fully saturated rings. The predicted octanol–water partition coefficient (Wildman–Crippen LogP) is 2.71. The molecule has 3 aromatic rings. The van der Waals surface area contributed by atoms with Crippen molar-refractivity contribution in [2.24, 2.45) is 0 Å². The van der Waals surface area contributed by atoms with Gasteiger partial charge < -0.3 is 14.8 Å². The van der Waals surface area contributed by atoms with E-state index in [-0.39, 0.29) is 36.9 Å². The third kappa shape index (κ3) is 6.28. The minimum Gasteiger partial charge on any atom is -0.494 e. The van der Waals surface area contributed by atoms with Gasteiger partial charge in [-0.05, 0) is 68.4 Å². The highest BCUT2D eigenvalue weighted by atomic mass is 16.5. The molecule has 166 valence electrons. The van der Waals surface area contributed by atoms with Crippen LogP contribution < -0.4 is 20.3 Å². The lowest BCUT2D eigenvalue weighted by Gasteiger charge is -2.10. The second-order valence-corrected chi connectivity index (χ2v) is 6.96. The highest BCUT2D eigenvalue weighted by molar-refractivity contribution is 5.94. The van der Waals surface area contributed by atoms with Crippen molar-refractivity contribution in [3.05, 3.63) is 76.6 Å². The van der Waals surface area contributed by atoms with E-state index in [1.54, 1.807) is 30.3 Å². The van der Waals surface area contributed by atoms with Gasteiger partial charge in [0.15, 0.2) is 12.4 Å². The van der Waals surface area contributed by atoms with Crippen LogP contribution in [0.25, 0.3) is 11.3 Å². The Kier molecular flexibility index (Phi) is 7.75. The van der Waals surface area contributed by atoms with Crippen molar-refractivity contribution in [3.63, 3.8) is 0 Å². The first-order valence-corrected chi connectivity index (χ1v) is 10.3. The topological polar surface area (TPSA) is 99.5 Å². The van der Waals surface area contributed by atoms with E-state index in [2.05, 4.69) is 10.4 Å². The minimum atomic E-state index is -0.323. The lowest BCUT2D eigenvalue weighted by Crippen LogP contribution is -2.34. The zero-order valence-corrected chi connectivity index (χ0v) is 18.0. The fourth-order valence-electron chi connectivity index (χ4n) is 2.94. The van der Waals surface area contributed by atoms with E-state index >= 15 is 0 Å². The van der Waals surface area contributed by atoms with Crippen molar-refractivity contribution in [2.45, 2.75) is 20.4 Å². The van der Waals surface area contributed by atoms with Crippen LogP contribution in [0, 0.1) is 0 Å². The van der Waals surface area contributed by atoms with E-state index in [1.165, 1.54) is 17.7 Å². The third-order valence-corrected chi connectivity index (χ3v) is 4.60. The fourth-order valence-corrected chi connectivity index (χ4v) is 2.94. The number of carbonyl (C=O) groups is 2. The van der Waals surface area contributed by atoms with Crippen molar-refractivity contribution in [1.29, 1.82) is 0 Å². The summed E-state index contributed by atoms with van der Waals surface area (Å²) in [5.41, 5.74) is 1.83. The molecule has 0 aliphatic rings. The van der Waals surface area contributed by atoms with E-state index in [9.17, 15) is 14.4 Å². The van der Waals surface area contributed by atoms with E-state index < -0.39 is 0 Å². The molecule has 1 amide bonds. The maximum Gasteiger partial charge on any atom is 0.266 e. The number of nitrogens with one attached hydrogen (secondary N) is 1. The Morgan fingerprint density at radius 3 is 2.25 bits per heavy atom. The van der Waals surface area contributed by atoms with Crippen LogP contribution in [0.4, 0.5) is 0 Å².